The third kappa shape index (κ3) is 30.6. The van der Waals surface area contributed by atoms with Gasteiger partial charge in [0.25, 0.3) is 0 Å². The summed E-state index contributed by atoms with van der Waals surface area (Å²) < 4.78 is 17.1. The van der Waals surface area contributed by atoms with Crippen molar-refractivity contribution < 1.29 is 9.53 Å². The fraction of sp³-hybridized carbons (Fsp3) is 0.189. The average molecular weight is 2270 g/mol. The molecule has 146 heavy (non-hydrogen) atoms. The van der Waals surface area contributed by atoms with Crippen LogP contribution in [-0.2, 0) is 109 Å². The van der Waals surface area contributed by atoms with Crippen molar-refractivity contribution in [2.45, 2.75) is 104 Å². The molecule has 12 heterocycles. The number of aromatic nitrogens is 20. The topological polar surface area (TPSA) is 289 Å². The van der Waals surface area contributed by atoms with E-state index in [1.807, 2.05) is 115 Å². The van der Waals surface area contributed by atoms with E-state index in [2.05, 4.69) is 320 Å². The van der Waals surface area contributed by atoms with E-state index in [9.17, 15) is 4.79 Å². The highest BCUT2D eigenvalue weighted by molar-refractivity contribution is 9.11. The number of carbonyl (C=O) groups is 1. The number of benzene rings is 8. The molecule has 0 unspecified atom stereocenters. The number of rotatable bonds is 37. The molecule has 20 rings (SSSR count). The number of methoxy groups -OCH3 is 1. The van der Waals surface area contributed by atoms with Gasteiger partial charge in [0.2, 0.25) is 0 Å². The first-order valence-corrected chi connectivity index (χ1v) is 51.7. The van der Waals surface area contributed by atoms with Crippen molar-refractivity contribution in [3.63, 3.8) is 0 Å². The average Bonchev–Trinajstić information content (AvgIpc) is 1.81. The number of ether oxygens (including phenoxy) is 1. The van der Waals surface area contributed by atoms with Crippen molar-refractivity contribution >= 4 is 160 Å². The number of hydrogen-bond donors (Lipinski definition) is 0. The Balaban J connectivity index is 0.000000133. The zero-order valence-electron chi connectivity index (χ0n) is 79.3. The van der Waals surface area contributed by atoms with Crippen molar-refractivity contribution in [2.75, 3.05) is 33.3 Å². The van der Waals surface area contributed by atoms with E-state index in [0.717, 1.165) is 182 Å². The predicted molar refractivity (Wildman–Crippen MR) is 584 cm³/mol. The van der Waals surface area contributed by atoms with Gasteiger partial charge in [0, 0.05) is 110 Å². The molecular weight excluding hydrogens is 2180 g/mol. The zero-order chi connectivity index (χ0) is 101. The molecule has 0 saturated heterocycles. The molecule has 734 valence electrons. The molecule has 0 radical (unpaired) electrons. The molecule has 0 atom stereocenters. The normalized spacial score (nSPS) is 11.3. The minimum Gasteiger partial charge on any atom is -0.465 e. The van der Waals surface area contributed by atoms with Crippen LogP contribution in [0, 0.1) is 11.3 Å². The number of esters is 1. The maximum Gasteiger partial charge on any atom is 0.339 e. The van der Waals surface area contributed by atoms with Gasteiger partial charge in [-0.25, -0.2) is 9.78 Å². The van der Waals surface area contributed by atoms with Crippen LogP contribution in [0.4, 0.5) is 0 Å². The lowest BCUT2D eigenvalue weighted by molar-refractivity contribution is 0.0600. The molecule has 0 N–H and O–H groups in total. The van der Waals surface area contributed by atoms with Crippen LogP contribution in [0.2, 0.25) is 20.4 Å². The predicted octanol–water partition coefficient (Wildman–Crippen LogP) is 23.4. The van der Waals surface area contributed by atoms with Gasteiger partial charge in [-0.2, -0.15) is 5.26 Å². The van der Waals surface area contributed by atoms with E-state index < -0.39 is 5.97 Å². The fourth-order valence-corrected chi connectivity index (χ4v) is 18.3. The van der Waals surface area contributed by atoms with Gasteiger partial charge < -0.3 is 23.0 Å². The Morgan fingerprint density at radius 3 is 0.938 bits per heavy atom. The Morgan fingerprint density at radius 1 is 0.322 bits per heavy atom. The Bertz CT molecular complexity index is 7760. The van der Waals surface area contributed by atoms with Crippen molar-refractivity contribution in [3.05, 3.63) is 469 Å². The lowest BCUT2D eigenvalue weighted by Gasteiger charge is -2.22. The molecule has 0 saturated carbocycles. The van der Waals surface area contributed by atoms with Crippen LogP contribution in [0.3, 0.4) is 0 Å². The molecule has 20 aromatic rings. The van der Waals surface area contributed by atoms with E-state index >= 15 is 0 Å². The van der Waals surface area contributed by atoms with Gasteiger partial charge in [0.15, 0.2) is 0 Å². The van der Waals surface area contributed by atoms with Gasteiger partial charge in [-0.1, -0.05) is 256 Å². The number of carbonyl (C=O) groups excluding carboxylic acids is 1. The first-order chi connectivity index (χ1) is 71.3. The first kappa shape index (κ1) is 104. The Labute approximate surface area is 898 Å². The molecule has 8 aromatic carbocycles. The number of nitriles is 1. The Kier molecular flexibility index (Phi) is 37.0. The Hall–Kier alpha value is -13.6. The van der Waals surface area contributed by atoms with Gasteiger partial charge in [-0.15, -0.1) is 40.8 Å². The maximum absolute atomic E-state index is 11.7. The summed E-state index contributed by atoms with van der Waals surface area (Å²) in [6.45, 7) is 10.7. The SMILES string of the molecule is COC(=O)c1ccc(Cn2cnnc2CN(CCc2ccc(Br)cc2)Cc2ccc3ccccc3n2)nc1.Clc1cc(Cn2cnnc2CN(CCc2ccc(Br)cc2)Cc2ccc3ccccc3n2)cc(Cl)n1.Clc1cnc(Cn2cnnc2CN(CCc2ccc(Br)cc2)Cc2ccc3ccccc3n2)cc1Cl.N#Cc1ccc(Cn2cnnc2CN(CCc2ccc(Br)cc2)Cc2ccc3ccccc3n2)nc1. The molecule has 27 nitrogen and oxygen atoms in total. The second kappa shape index (κ2) is 52.0. The van der Waals surface area contributed by atoms with E-state index in [1.54, 1.807) is 55.9 Å². The molecule has 0 amide bonds. The summed E-state index contributed by atoms with van der Waals surface area (Å²) in [5.74, 6) is 2.99. The standard InChI is InChI=1S/C29H27BrN6O2.C28H24BrN7.2C27H23BrCl2N6/c1-38-29(37)23-9-12-25(31-16-23)18-36-20-32-34-28(36)19-35(15-14-21-6-10-24(30)11-7-21)17-26-13-8-22-4-2-3-5-27(22)33-26;29-24-9-5-21(6-10-24)13-14-35(17-26-12-8-23-3-1-2-4-27(23)33-26)19-28-34-32-20-36(28)18-25-11-7-22(15-30)16-31-25;28-22-8-5-19(6-9-22)11-12-35(16-23-10-7-21-3-1-2-4-24(21)32-23)17-27-34-31-18-36(27)15-20-13-25(29)33-26(30)14-20;28-21-8-5-19(6-9-21)11-12-35(15-22-10-7-20-3-1-2-4-26(20)33-22)17-27-34-32-18-36(27)16-23-13-24(29)25(30)14-31-23/h2-13,16,20H,14-15,17-19H2,1H3;1-12,16,20H,13-14,17-19H2;2*1-10,13-14,18H,11-12,15-17H2. The lowest BCUT2D eigenvalue weighted by Crippen LogP contribution is -2.27. The first-order valence-electron chi connectivity index (χ1n) is 47.0. The smallest absolute Gasteiger partial charge is 0.339 e. The summed E-state index contributed by atoms with van der Waals surface area (Å²) in [4.78, 5) is 57.9. The quantitative estimate of drug-likeness (QED) is 0.0258. The number of halogens is 8. The van der Waals surface area contributed by atoms with Gasteiger partial charge in [0.05, 0.1) is 143 Å². The lowest BCUT2D eigenvalue weighted by atomic mass is 10.1. The second-order valence-corrected chi connectivity index (χ2v) is 40.0. The number of nitrogens with zero attached hydrogens (tertiary/aromatic N) is 25. The molecule has 0 fully saturated rings. The van der Waals surface area contributed by atoms with Crippen LogP contribution in [-0.4, -0.2) is 158 Å². The highest BCUT2D eigenvalue weighted by Gasteiger charge is 2.22. The number of fused-ring (bicyclic) bond motifs is 4. The summed E-state index contributed by atoms with van der Waals surface area (Å²) >= 11 is 38.5. The largest absolute Gasteiger partial charge is 0.465 e. The highest BCUT2D eigenvalue weighted by Crippen LogP contribution is 2.28. The van der Waals surface area contributed by atoms with Gasteiger partial charge in [-0.3, -0.25) is 54.5 Å². The summed E-state index contributed by atoms with van der Waals surface area (Å²) in [7, 11) is 1.36. The second-order valence-electron chi connectivity index (χ2n) is 34.7. The molecule has 0 aliphatic rings. The van der Waals surface area contributed by atoms with Crippen LogP contribution in [0.5, 0.6) is 0 Å². The van der Waals surface area contributed by atoms with Gasteiger partial charge in [0.1, 0.15) is 65.0 Å². The van der Waals surface area contributed by atoms with Crippen molar-refractivity contribution in [1.29, 1.82) is 5.26 Å². The maximum atomic E-state index is 11.7. The van der Waals surface area contributed by atoms with Gasteiger partial charge in [-0.05, 0) is 193 Å². The fourth-order valence-electron chi connectivity index (χ4n) is 16.5. The summed E-state index contributed by atoms with van der Waals surface area (Å²) in [5, 5.41) is 49.5. The van der Waals surface area contributed by atoms with Crippen molar-refractivity contribution in [3.8, 4) is 6.07 Å². The monoisotopic (exact) mass is 2270 g/mol. The summed E-state index contributed by atoms with van der Waals surface area (Å²) in [5.41, 5.74) is 17.5. The van der Waals surface area contributed by atoms with Crippen LogP contribution in [0.15, 0.2) is 347 Å². The van der Waals surface area contributed by atoms with E-state index in [-0.39, 0.29) is 0 Å². The number of hydrogen-bond acceptors (Lipinski definition) is 23. The van der Waals surface area contributed by atoms with E-state index in [4.69, 9.17) is 76.3 Å². The summed E-state index contributed by atoms with van der Waals surface area (Å²) in [6, 6.07) is 98.0. The molecule has 0 aliphatic carbocycles. The Morgan fingerprint density at radius 2 is 0.630 bits per heavy atom. The van der Waals surface area contributed by atoms with Crippen molar-refractivity contribution in [1.82, 2.24) is 119 Å². The minimum atomic E-state index is -0.405. The molecule has 12 aromatic heterocycles. The third-order valence-electron chi connectivity index (χ3n) is 24.2. The number of para-hydroxylation sites is 4. The van der Waals surface area contributed by atoms with E-state index in [1.165, 1.54) is 35.6 Å². The van der Waals surface area contributed by atoms with Crippen molar-refractivity contribution in [2.24, 2.45) is 0 Å². The zero-order valence-corrected chi connectivity index (χ0v) is 88.7. The molecule has 0 bridgehead atoms. The number of pyridine rings is 8. The molecule has 0 spiro atoms. The van der Waals surface area contributed by atoms with Crippen LogP contribution in [0.1, 0.15) is 107 Å². The third-order valence-corrected chi connectivity index (χ3v) is 27.4. The highest BCUT2D eigenvalue weighted by atomic mass is 79.9. The molecular formula is C111H97Br4Cl4N25O2. The summed E-state index contributed by atoms with van der Waals surface area (Å²) in [6.07, 6.45) is 15.2. The van der Waals surface area contributed by atoms with Crippen LogP contribution in [0.25, 0.3) is 43.6 Å². The van der Waals surface area contributed by atoms with Crippen LogP contribution >= 0.6 is 110 Å². The molecule has 35 heteroatoms. The minimum absolute atomic E-state index is 0.366. The van der Waals surface area contributed by atoms with Crippen LogP contribution < -0.4 is 0 Å². The van der Waals surface area contributed by atoms with E-state index in [0.29, 0.717) is 110 Å². The van der Waals surface area contributed by atoms with Gasteiger partial charge >= 0.3 is 5.97 Å². The molecule has 0 aliphatic heterocycles.